The summed E-state index contributed by atoms with van der Waals surface area (Å²) in [4.78, 5) is 23.7. The Labute approximate surface area is 223 Å². The van der Waals surface area contributed by atoms with Gasteiger partial charge in [0.15, 0.2) is 23.1 Å². The zero-order valence-corrected chi connectivity index (χ0v) is 21.0. The molecular weight excluding hydrogens is 488 g/mol. The van der Waals surface area contributed by atoms with Crippen LogP contribution in [0.2, 0.25) is 0 Å². The molecule has 4 heterocycles. The van der Waals surface area contributed by atoms with Gasteiger partial charge in [-0.15, -0.1) is 10.2 Å². The molecule has 5 rings (SSSR count). The lowest BCUT2D eigenvalue weighted by atomic mass is 10.1. The van der Waals surface area contributed by atoms with Crippen molar-refractivity contribution < 1.29 is 18.4 Å². The number of rotatable bonds is 9. The van der Waals surface area contributed by atoms with Gasteiger partial charge in [-0.2, -0.15) is 5.10 Å². The first kappa shape index (κ1) is 21.3. The molecule has 3 aromatic heterocycles. The standard InChI is InChI=1S/C25H28N10O3/c1-26-25(36)22-19(29-18-7-5-6-17(23(18)38-4)24-28-14-34(2)33-24)10-21(31-32-22)30-20-9-8-15(11-27-20)35-12-16(13-35)37-3/h5-11,14,16H,12-13H2,1-4H3,(H,26,36)(H2,27,29,30,31)/i1D3. The first-order valence-corrected chi connectivity index (χ1v) is 11.6. The minimum absolute atomic E-state index is 0.177. The van der Waals surface area contributed by atoms with Crippen molar-refractivity contribution in [3.63, 3.8) is 0 Å². The van der Waals surface area contributed by atoms with Crippen LogP contribution >= 0.6 is 0 Å². The fourth-order valence-corrected chi connectivity index (χ4v) is 3.99. The number of anilines is 5. The lowest BCUT2D eigenvalue weighted by molar-refractivity contribution is 0.0787. The quantitative estimate of drug-likeness (QED) is 0.300. The Morgan fingerprint density at radius 3 is 2.63 bits per heavy atom. The molecule has 1 fully saturated rings. The van der Waals surface area contributed by atoms with Crippen molar-refractivity contribution in [2.45, 2.75) is 6.10 Å². The number of nitrogens with one attached hydrogen (secondary N) is 3. The van der Waals surface area contributed by atoms with E-state index in [-0.39, 0.29) is 23.3 Å². The highest BCUT2D eigenvalue weighted by atomic mass is 16.5. The van der Waals surface area contributed by atoms with E-state index in [1.165, 1.54) is 13.2 Å². The third-order valence-electron chi connectivity index (χ3n) is 6.00. The Balaban J connectivity index is 1.44. The molecule has 0 spiro atoms. The molecule has 3 N–H and O–H groups in total. The Morgan fingerprint density at radius 2 is 1.95 bits per heavy atom. The second-order valence-electron chi connectivity index (χ2n) is 8.49. The van der Waals surface area contributed by atoms with Crippen LogP contribution in [0.3, 0.4) is 0 Å². The van der Waals surface area contributed by atoms with Crippen molar-refractivity contribution >= 4 is 34.6 Å². The van der Waals surface area contributed by atoms with Crippen molar-refractivity contribution in [3.8, 4) is 17.1 Å². The van der Waals surface area contributed by atoms with Crippen molar-refractivity contribution in [2.24, 2.45) is 7.05 Å². The summed E-state index contributed by atoms with van der Waals surface area (Å²) in [6.45, 7) is -1.13. The zero-order valence-electron chi connectivity index (χ0n) is 24.0. The highest BCUT2D eigenvalue weighted by molar-refractivity contribution is 5.99. The molecule has 1 saturated heterocycles. The third kappa shape index (κ3) is 5.04. The van der Waals surface area contributed by atoms with E-state index < -0.39 is 12.9 Å². The molecule has 13 nitrogen and oxygen atoms in total. The first-order valence-electron chi connectivity index (χ1n) is 13.1. The normalized spacial score (nSPS) is 14.6. The molecule has 38 heavy (non-hydrogen) atoms. The maximum Gasteiger partial charge on any atom is 0.273 e. The van der Waals surface area contributed by atoms with E-state index in [9.17, 15) is 4.79 Å². The van der Waals surface area contributed by atoms with Gasteiger partial charge in [0.2, 0.25) is 0 Å². The van der Waals surface area contributed by atoms with Gasteiger partial charge in [0.1, 0.15) is 12.1 Å². The fourth-order valence-electron chi connectivity index (χ4n) is 3.99. The number of ether oxygens (including phenoxy) is 2. The van der Waals surface area contributed by atoms with E-state index in [0.717, 1.165) is 18.8 Å². The number of carbonyl (C=O) groups is 1. The molecule has 0 unspecified atom stereocenters. The van der Waals surface area contributed by atoms with Crippen LogP contribution in [0.4, 0.5) is 28.7 Å². The van der Waals surface area contributed by atoms with Gasteiger partial charge in [-0.05, 0) is 24.3 Å². The topological polar surface area (TPSA) is 144 Å². The fraction of sp³-hybridized carbons (Fsp3) is 0.280. The van der Waals surface area contributed by atoms with Crippen molar-refractivity contribution in [1.29, 1.82) is 0 Å². The lowest BCUT2D eigenvalue weighted by Crippen LogP contribution is -2.51. The minimum Gasteiger partial charge on any atom is -0.494 e. The number of pyridine rings is 1. The van der Waals surface area contributed by atoms with Crippen LogP contribution in [0.1, 0.15) is 14.6 Å². The van der Waals surface area contributed by atoms with Gasteiger partial charge < -0.3 is 30.3 Å². The summed E-state index contributed by atoms with van der Waals surface area (Å²) in [6, 6.07) is 10.5. The van der Waals surface area contributed by atoms with Crippen LogP contribution in [-0.4, -0.2) is 76.2 Å². The number of aryl methyl sites for hydroxylation is 1. The van der Waals surface area contributed by atoms with E-state index in [1.54, 1.807) is 55.6 Å². The zero-order chi connectivity index (χ0) is 29.1. The van der Waals surface area contributed by atoms with Crippen LogP contribution < -0.4 is 25.6 Å². The van der Waals surface area contributed by atoms with E-state index in [1.807, 2.05) is 11.4 Å². The molecule has 0 saturated carbocycles. The van der Waals surface area contributed by atoms with Gasteiger partial charge in [0.05, 0.1) is 42.0 Å². The number of amides is 1. The van der Waals surface area contributed by atoms with Gasteiger partial charge in [-0.3, -0.25) is 9.48 Å². The van der Waals surface area contributed by atoms with Gasteiger partial charge in [-0.25, -0.2) is 9.97 Å². The monoisotopic (exact) mass is 519 g/mol. The van der Waals surface area contributed by atoms with Crippen molar-refractivity contribution in [3.05, 3.63) is 54.6 Å². The summed E-state index contributed by atoms with van der Waals surface area (Å²) < 4.78 is 34.9. The maximum atomic E-state index is 12.9. The summed E-state index contributed by atoms with van der Waals surface area (Å²) in [5, 5.41) is 20.6. The predicted molar refractivity (Wildman–Crippen MR) is 142 cm³/mol. The van der Waals surface area contributed by atoms with Crippen molar-refractivity contribution in [1.82, 2.24) is 35.3 Å². The van der Waals surface area contributed by atoms with Crippen LogP contribution in [-0.2, 0) is 11.8 Å². The Kier molecular flexibility index (Phi) is 5.99. The van der Waals surface area contributed by atoms with Crippen LogP contribution in [0, 0.1) is 0 Å². The molecule has 0 bridgehead atoms. The Morgan fingerprint density at radius 1 is 1.08 bits per heavy atom. The number of carbonyl (C=O) groups excluding carboxylic acids is 1. The average Bonchev–Trinajstić information content (AvgIpc) is 3.34. The highest BCUT2D eigenvalue weighted by Crippen LogP contribution is 2.37. The van der Waals surface area contributed by atoms with Gasteiger partial charge >= 0.3 is 0 Å². The molecule has 1 aliphatic rings. The maximum absolute atomic E-state index is 12.9. The molecule has 0 radical (unpaired) electrons. The van der Waals surface area contributed by atoms with E-state index in [0.29, 0.717) is 28.6 Å². The first-order chi connectivity index (χ1) is 19.6. The number of hydrogen-bond donors (Lipinski definition) is 3. The second-order valence-corrected chi connectivity index (χ2v) is 8.49. The van der Waals surface area contributed by atoms with E-state index in [4.69, 9.17) is 13.6 Å². The summed E-state index contributed by atoms with van der Waals surface area (Å²) in [6.07, 6.45) is 3.52. The van der Waals surface area contributed by atoms with Crippen LogP contribution in [0.25, 0.3) is 11.4 Å². The van der Waals surface area contributed by atoms with Crippen LogP contribution in [0.5, 0.6) is 5.75 Å². The Bertz CT molecular complexity index is 1540. The largest absolute Gasteiger partial charge is 0.494 e. The van der Waals surface area contributed by atoms with Gasteiger partial charge in [0, 0.05) is 44.4 Å². The highest BCUT2D eigenvalue weighted by Gasteiger charge is 2.26. The Hall–Kier alpha value is -4.78. The number of para-hydroxylation sites is 1. The van der Waals surface area contributed by atoms with E-state index in [2.05, 4.69) is 40.8 Å². The molecular formula is C25H28N10O3. The van der Waals surface area contributed by atoms with Crippen LogP contribution in [0.15, 0.2) is 48.9 Å². The smallest absolute Gasteiger partial charge is 0.273 e. The summed E-state index contributed by atoms with van der Waals surface area (Å²) in [5.74, 6) is 0.682. The van der Waals surface area contributed by atoms with E-state index >= 15 is 0 Å². The third-order valence-corrected chi connectivity index (χ3v) is 6.00. The number of nitrogens with zero attached hydrogens (tertiary/aromatic N) is 7. The summed E-state index contributed by atoms with van der Waals surface area (Å²) in [5.41, 5.74) is 1.98. The number of hydrogen-bond acceptors (Lipinski definition) is 11. The molecule has 13 heteroatoms. The molecule has 196 valence electrons. The lowest BCUT2D eigenvalue weighted by Gasteiger charge is -2.39. The summed E-state index contributed by atoms with van der Waals surface area (Å²) in [7, 11) is 4.94. The second kappa shape index (κ2) is 10.7. The average molecular weight is 520 g/mol. The molecule has 1 aromatic carbocycles. The number of benzene rings is 1. The predicted octanol–water partition coefficient (Wildman–Crippen LogP) is 2.36. The summed E-state index contributed by atoms with van der Waals surface area (Å²) >= 11 is 0. The molecule has 1 amide bonds. The van der Waals surface area contributed by atoms with Gasteiger partial charge in [0.25, 0.3) is 5.91 Å². The minimum atomic E-state index is -2.72. The molecule has 0 aliphatic carbocycles. The van der Waals surface area contributed by atoms with Crippen molar-refractivity contribution in [2.75, 3.05) is 49.8 Å². The number of methoxy groups -OCH3 is 2. The molecule has 1 aliphatic heterocycles. The van der Waals surface area contributed by atoms with Gasteiger partial charge in [-0.1, -0.05) is 6.07 Å². The molecule has 4 aromatic rings. The molecule has 0 atom stereocenters. The SMILES string of the molecule is [2H]C([2H])([2H])NC(=O)c1nnc(Nc2ccc(N3CC(OC)C3)cn2)cc1Nc1cccc(-c2ncn(C)n2)c1OC. The number of aromatic nitrogens is 6.